The molecule has 198 valence electrons. The van der Waals surface area contributed by atoms with Gasteiger partial charge in [-0.25, -0.2) is 18.1 Å². The highest BCUT2D eigenvalue weighted by atomic mass is 32.2. The molecule has 1 saturated heterocycles. The van der Waals surface area contributed by atoms with Gasteiger partial charge in [-0.05, 0) is 19.4 Å². The maximum Gasteiger partial charge on any atom is 0.256 e. The number of pyridine rings is 1. The SMILES string of the molecule is COc1cc(NC(=O)c2cc(-c3ccccc3)nc3c2c(C)nn3C2CCS(=O)(=O)C2)cc(OC)c1OC. The van der Waals surface area contributed by atoms with Crippen LogP contribution in [0, 0.1) is 6.92 Å². The van der Waals surface area contributed by atoms with E-state index in [0.29, 0.717) is 57.3 Å². The fourth-order valence-corrected chi connectivity index (χ4v) is 6.52. The Hall–Kier alpha value is -4.12. The van der Waals surface area contributed by atoms with Gasteiger partial charge in [-0.1, -0.05) is 30.3 Å². The van der Waals surface area contributed by atoms with Crippen molar-refractivity contribution in [2.75, 3.05) is 38.2 Å². The molecule has 10 nitrogen and oxygen atoms in total. The maximum absolute atomic E-state index is 13.8. The number of nitrogens with one attached hydrogen (secondary N) is 1. The number of methoxy groups -OCH3 is 3. The molecule has 0 bridgehead atoms. The van der Waals surface area contributed by atoms with Crippen molar-refractivity contribution < 1.29 is 27.4 Å². The number of nitrogens with zero attached hydrogens (tertiary/aromatic N) is 3. The first-order valence-electron chi connectivity index (χ1n) is 12.0. The van der Waals surface area contributed by atoms with Crippen LogP contribution in [0.2, 0.25) is 0 Å². The standard InChI is InChI=1S/C27H28N4O6S/c1-16-24-20(27(32)28-18-12-22(35-2)25(37-4)23(13-18)36-3)14-21(17-8-6-5-7-9-17)29-26(24)31(30-16)19-10-11-38(33,34)15-19/h5-9,12-14,19H,10-11,15H2,1-4H3,(H,28,32). The molecule has 1 fully saturated rings. The van der Waals surface area contributed by atoms with Crippen LogP contribution in [0.5, 0.6) is 17.2 Å². The van der Waals surface area contributed by atoms with Gasteiger partial charge in [-0.3, -0.25) is 4.79 Å². The van der Waals surface area contributed by atoms with Crippen LogP contribution < -0.4 is 19.5 Å². The Morgan fingerprint density at radius 1 is 1.03 bits per heavy atom. The monoisotopic (exact) mass is 536 g/mol. The van der Waals surface area contributed by atoms with Crippen LogP contribution in [0.1, 0.15) is 28.5 Å². The zero-order valence-electron chi connectivity index (χ0n) is 21.5. The lowest BCUT2D eigenvalue weighted by atomic mass is 10.0. The highest BCUT2D eigenvalue weighted by molar-refractivity contribution is 7.91. The number of aromatic nitrogens is 3. The third-order valence-electron chi connectivity index (χ3n) is 6.63. The Kier molecular flexibility index (Phi) is 6.70. The van der Waals surface area contributed by atoms with E-state index in [4.69, 9.17) is 19.2 Å². The summed E-state index contributed by atoms with van der Waals surface area (Å²) in [6.45, 7) is 1.79. The first kappa shape index (κ1) is 25.5. The molecule has 1 aliphatic heterocycles. The zero-order chi connectivity index (χ0) is 27.0. The van der Waals surface area contributed by atoms with Crippen molar-refractivity contribution in [3.05, 3.63) is 59.8 Å². The first-order valence-corrected chi connectivity index (χ1v) is 13.8. The molecular formula is C27H28N4O6S. The van der Waals surface area contributed by atoms with Crippen molar-refractivity contribution in [2.24, 2.45) is 0 Å². The van der Waals surface area contributed by atoms with Gasteiger partial charge in [0.15, 0.2) is 27.0 Å². The van der Waals surface area contributed by atoms with E-state index in [2.05, 4.69) is 10.4 Å². The zero-order valence-corrected chi connectivity index (χ0v) is 22.3. The second kappa shape index (κ2) is 9.97. The Morgan fingerprint density at radius 3 is 2.29 bits per heavy atom. The summed E-state index contributed by atoms with van der Waals surface area (Å²) in [5, 5.41) is 8.15. The molecule has 0 saturated carbocycles. The number of amides is 1. The van der Waals surface area contributed by atoms with E-state index >= 15 is 0 Å². The van der Waals surface area contributed by atoms with Gasteiger partial charge >= 0.3 is 0 Å². The number of rotatable bonds is 7. The van der Waals surface area contributed by atoms with E-state index in [1.54, 1.807) is 29.8 Å². The molecule has 0 aliphatic carbocycles. The molecule has 1 amide bonds. The van der Waals surface area contributed by atoms with Gasteiger partial charge in [-0.15, -0.1) is 0 Å². The molecular weight excluding hydrogens is 508 g/mol. The summed E-state index contributed by atoms with van der Waals surface area (Å²) < 4.78 is 42.3. The van der Waals surface area contributed by atoms with Crippen molar-refractivity contribution in [2.45, 2.75) is 19.4 Å². The predicted octanol–water partition coefficient (Wildman–Crippen LogP) is 4.04. The molecule has 1 aliphatic rings. The van der Waals surface area contributed by atoms with E-state index in [9.17, 15) is 13.2 Å². The minimum Gasteiger partial charge on any atom is -0.493 e. The maximum atomic E-state index is 13.8. The largest absolute Gasteiger partial charge is 0.493 e. The number of fused-ring (bicyclic) bond motifs is 1. The van der Waals surface area contributed by atoms with Crippen molar-refractivity contribution in [1.29, 1.82) is 0 Å². The van der Waals surface area contributed by atoms with Gasteiger partial charge in [0.2, 0.25) is 5.75 Å². The summed E-state index contributed by atoms with van der Waals surface area (Å²) in [5.74, 6) is 0.926. The van der Waals surface area contributed by atoms with E-state index in [0.717, 1.165) is 5.56 Å². The number of aryl methyl sites for hydroxylation is 1. The quantitative estimate of drug-likeness (QED) is 0.376. The Labute approximate surface area is 220 Å². The topological polar surface area (TPSA) is 122 Å². The third kappa shape index (κ3) is 4.65. The van der Waals surface area contributed by atoms with Crippen LogP contribution in [0.25, 0.3) is 22.3 Å². The normalized spacial score (nSPS) is 16.4. The Morgan fingerprint density at radius 2 is 1.71 bits per heavy atom. The Bertz CT molecular complexity index is 1610. The molecule has 1 unspecified atom stereocenters. The minimum atomic E-state index is -3.15. The highest BCUT2D eigenvalue weighted by Crippen LogP contribution is 2.40. The van der Waals surface area contributed by atoms with Crippen LogP contribution in [0.15, 0.2) is 48.5 Å². The number of ether oxygens (including phenoxy) is 3. The van der Waals surface area contributed by atoms with Crippen molar-refractivity contribution in [1.82, 2.24) is 14.8 Å². The summed E-state index contributed by atoms with van der Waals surface area (Å²) >= 11 is 0. The summed E-state index contributed by atoms with van der Waals surface area (Å²) in [7, 11) is 1.36. The fourth-order valence-electron chi connectivity index (χ4n) is 4.82. The number of sulfone groups is 1. The van der Waals surface area contributed by atoms with Gasteiger partial charge < -0.3 is 19.5 Å². The molecule has 5 rings (SSSR count). The molecule has 0 spiro atoms. The van der Waals surface area contributed by atoms with Crippen molar-refractivity contribution in [3.8, 4) is 28.5 Å². The molecule has 2 aromatic carbocycles. The molecule has 4 aromatic rings. The molecule has 0 radical (unpaired) electrons. The summed E-state index contributed by atoms with van der Waals surface area (Å²) in [6.07, 6.45) is 0.447. The molecule has 2 aromatic heterocycles. The lowest BCUT2D eigenvalue weighted by molar-refractivity contribution is 0.102. The number of anilines is 1. The molecule has 1 N–H and O–H groups in total. The van der Waals surface area contributed by atoms with Crippen molar-refractivity contribution >= 4 is 32.5 Å². The van der Waals surface area contributed by atoms with Gasteiger partial charge in [0.1, 0.15) is 0 Å². The van der Waals surface area contributed by atoms with Crippen molar-refractivity contribution in [3.63, 3.8) is 0 Å². The summed E-state index contributed by atoms with van der Waals surface area (Å²) in [6, 6.07) is 14.2. The second-order valence-electron chi connectivity index (χ2n) is 9.07. The molecule has 11 heteroatoms. The van der Waals surface area contributed by atoms with Crippen LogP contribution >= 0.6 is 0 Å². The lowest BCUT2D eigenvalue weighted by Gasteiger charge is -2.15. The van der Waals surface area contributed by atoms with E-state index in [1.807, 2.05) is 30.3 Å². The second-order valence-corrected chi connectivity index (χ2v) is 11.3. The van der Waals surface area contributed by atoms with Gasteiger partial charge in [0.05, 0.1) is 61.2 Å². The minimum absolute atomic E-state index is 0.00652. The average molecular weight is 537 g/mol. The predicted molar refractivity (Wildman–Crippen MR) is 144 cm³/mol. The number of hydrogen-bond donors (Lipinski definition) is 1. The first-order chi connectivity index (χ1) is 18.2. The van der Waals surface area contributed by atoms with Crippen LogP contribution in [0.3, 0.4) is 0 Å². The van der Waals surface area contributed by atoms with E-state index in [1.165, 1.54) is 21.3 Å². The van der Waals surface area contributed by atoms with Crippen LogP contribution in [-0.2, 0) is 9.84 Å². The number of carbonyl (C=O) groups is 1. The number of hydrogen-bond acceptors (Lipinski definition) is 8. The van der Waals surface area contributed by atoms with Crippen LogP contribution in [0.4, 0.5) is 5.69 Å². The van der Waals surface area contributed by atoms with Gasteiger partial charge in [-0.2, -0.15) is 5.10 Å². The van der Waals surface area contributed by atoms with E-state index in [-0.39, 0.29) is 23.5 Å². The number of carbonyl (C=O) groups excluding carboxylic acids is 1. The van der Waals surface area contributed by atoms with Crippen LogP contribution in [-0.4, -0.2) is 61.9 Å². The fraction of sp³-hybridized carbons (Fsp3) is 0.296. The smallest absolute Gasteiger partial charge is 0.256 e. The third-order valence-corrected chi connectivity index (χ3v) is 8.38. The van der Waals surface area contributed by atoms with Gasteiger partial charge in [0, 0.05) is 23.4 Å². The molecule has 1 atom stereocenters. The lowest BCUT2D eigenvalue weighted by Crippen LogP contribution is -2.15. The Balaban J connectivity index is 1.64. The average Bonchev–Trinajstić information content (AvgIpc) is 3.46. The summed E-state index contributed by atoms with van der Waals surface area (Å²) in [4.78, 5) is 18.6. The summed E-state index contributed by atoms with van der Waals surface area (Å²) in [5.41, 5.74) is 3.28. The molecule has 3 heterocycles. The van der Waals surface area contributed by atoms with Gasteiger partial charge in [0.25, 0.3) is 5.91 Å². The highest BCUT2D eigenvalue weighted by Gasteiger charge is 2.32. The number of benzene rings is 2. The van der Waals surface area contributed by atoms with E-state index < -0.39 is 9.84 Å². The molecule has 38 heavy (non-hydrogen) atoms.